The number of hydrogen-bond acceptors (Lipinski definition) is 3. The fraction of sp³-hybridized carbons (Fsp3) is 0.148. The summed E-state index contributed by atoms with van der Waals surface area (Å²) in [5, 5.41) is 2.66. The predicted octanol–water partition coefficient (Wildman–Crippen LogP) is 6.28. The van der Waals surface area contributed by atoms with Gasteiger partial charge in [0.25, 0.3) is 11.8 Å². The minimum absolute atomic E-state index is 0.134. The molecule has 0 bridgehead atoms. The maximum absolute atomic E-state index is 13.1. The van der Waals surface area contributed by atoms with Crippen LogP contribution in [-0.2, 0) is 16.0 Å². The number of hydrogen-bond donors (Lipinski definition) is 1. The van der Waals surface area contributed by atoms with E-state index >= 15 is 0 Å². The van der Waals surface area contributed by atoms with Crippen LogP contribution in [0.25, 0.3) is 6.08 Å². The van der Waals surface area contributed by atoms with Crippen molar-refractivity contribution in [2.24, 2.45) is 0 Å². The maximum atomic E-state index is 13.1. The molecule has 3 aromatic rings. The molecule has 0 atom stereocenters. The molecular weight excluding hydrogens is 516 g/mol. The van der Waals surface area contributed by atoms with Gasteiger partial charge in [0.1, 0.15) is 5.57 Å². The minimum Gasteiger partial charge on any atom is -0.273 e. The van der Waals surface area contributed by atoms with E-state index in [1.807, 2.05) is 25.1 Å². The zero-order valence-electron chi connectivity index (χ0n) is 18.9. The van der Waals surface area contributed by atoms with Crippen LogP contribution in [0.5, 0.6) is 0 Å². The summed E-state index contributed by atoms with van der Waals surface area (Å²) in [5.74, 6) is -1.44. The van der Waals surface area contributed by atoms with E-state index in [-0.39, 0.29) is 5.57 Å². The smallest absolute Gasteiger partial charge is 0.273 e. The number of benzene rings is 3. The normalized spacial score (nSPS) is 15.1. The number of nitrogens with zero attached hydrogens (tertiary/aromatic N) is 1. The first-order valence-electron chi connectivity index (χ1n) is 10.7. The third kappa shape index (κ3) is 4.98. The largest absolute Gasteiger partial charge is 0.335 e. The fourth-order valence-corrected chi connectivity index (χ4v) is 4.68. The number of halogens is 2. The van der Waals surface area contributed by atoms with Gasteiger partial charge in [0.05, 0.1) is 5.69 Å². The van der Waals surface area contributed by atoms with Gasteiger partial charge in [-0.25, -0.2) is 9.69 Å². The lowest BCUT2D eigenvalue weighted by Gasteiger charge is -2.26. The van der Waals surface area contributed by atoms with Gasteiger partial charge in [0.15, 0.2) is 0 Å². The third-order valence-corrected chi connectivity index (χ3v) is 6.72. The number of carbonyl (C=O) groups excluding carboxylic acids is 3. The molecule has 5 nitrogen and oxygen atoms in total. The Hall–Kier alpha value is -3.22. The van der Waals surface area contributed by atoms with Crippen LogP contribution in [0.15, 0.2) is 64.6 Å². The van der Waals surface area contributed by atoms with Crippen molar-refractivity contribution in [3.05, 3.63) is 103 Å². The summed E-state index contributed by atoms with van der Waals surface area (Å²) in [7, 11) is 0. The van der Waals surface area contributed by atoms with Gasteiger partial charge in [-0.3, -0.25) is 14.9 Å². The Labute approximate surface area is 211 Å². The molecule has 1 heterocycles. The van der Waals surface area contributed by atoms with E-state index in [1.165, 1.54) is 28.8 Å². The first-order valence-corrected chi connectivity index (χ1v) is 11.8. The van der Waals surface area contributed by atoms with Crippen LogP contribution < -0.4 is 10.2 Å². The molecule has 172 valence electrons. The molecule has 1 fully saturated rings. The molecule has 1 N–H and O–H groups in total. The maximum Gasteiger partial charge on any atom is 0.335 e. The average Bonchev–Trinajstić information content (AvgIpc) is 2.74. The van der Waals surface area contributed by atoms with Crippen LogP contribution in [0.2, 0.25) is 5.02 Å². The zero-order chi connectivity index (χ0) is 24.6. The standard InChI is InChI=1S/C27H22BrClN2O3/c1-15-8-16(2)10-19(9-15)11-20-6-5-18(13-23(20)28)12-22-25(32)30-27(34)31(26(22)33)21-7-4-17(3)24(29)14-21/h4-10,12-14H,11H2,1-3H3,(H,30,32,34)/b22-12+. The highest BCUT2D eigenvalue weighted by molar-refractivity contribution is 9.10. The Morgan fingerprint density at radius 2 is 1.65 bits per heavy atom. The van der Waals surface area contributed by atoms with Crippen molar-refractivity contribution in [1.29, 1.82) is 0 Å². The average molecular weight is 538 g/mol. The van der Waals surface area contributed by atoms with Gasteiger partial charge in [-0.15, -0.1) is 0 Å². The number of anilines is 1. The number of carbonyl (C=O) groups is 3. The fourth-order valence-electron chi connectivity index (χ4n) is 3.97. The number of nitrogens with one attached hydrogen (secondary N) is 1. The van der Waals surface area contributed by atoms with Gasteiger partial charge in [-0.1, -0.05) is 75.1 Å². The number of rotatable bonds is 4. The summed E-state index contributed by atoms with van der Waals surface area (Å²) < 4.78 is 0.864. The van der Waals surface area contributed by atoms with Gasteiger partial charge in [0, 0.05) is 9.50 Å². The predicted molar refractivity (Wildman–Crippen MR) is 138 cm³/mol. The van der Waals surface area contributed by atoms with Gasteiger partial charge in [-0.05, 0) is 73.7 Å². The summed E-state index contributed by atoms with van der Waals surface area (Å²) in [6.45, 7) is 5.97. The van der Waals surface area contributed by atoms with Crippen LogP contribution in [0.4, 0.5) is 10.5 Å². The lowest BCUT2D eigenvalue weighted by molar-refractivity contribution is -0.122. The van der Waals surface area contributed by atoms with Gasteiger partial charge < -0.3 is 0 Å². The molecule has 4 rings (SSSR count). The van der Waals surface area contributed by atoms with Crippen LogP contribution in [0.1, 0.15) is 33.4 Å². The molecule has 3 aromatic carbocycles. The van der Waals surface area contributed by atoms with Gasteiger partial charge >= 0.3 is 6.03 Å². The SMILES string of the molecule is Cc1cc(C)cc(Cc2ccc(/C=C3\C(=O)NC(=O)N(c4ccc(C)c(Cl)c4)C3=O)cc2Br)c1. The molecule has 1 aliphatic heterocycles. The molecular formula is C27H22BrClN2O3. The van der Waals surface area contributed by atoms with E-state index < -0.39 is 17.8 Å². The van der Waals surface area contributed by atoms with E-state index in [0.717, 1.165) is 26.9 Å². The quantitative estimate of drug-likeness (QED) is 0.314. The molecule has 0 radical (unpaired) electrons. The first-order chi connectivity index (χ1) is 16.1. The lowest BCUT2D eigenvalue weighted by Crippen LogP contribution is -2.54. The molecule has 0 unspecified atom stereocenters. The highest BCUT2D eigenvalue weighted by Crippen LogP contribution is 2.28. The monoisotopic (exact) mass is 536 g/mol. The van der Waals surface area contributed by atoms with E-state index in [4.69, 9.17) is 11.6 Å². The molecule has 0 aromatic heterocycles. The van der Waals surface area contributed by atoms with Gasteiger partial charge in [0.2, 0.25) is 0 Å². The van der Waals surface area contributed by atoms with Crippen molar-refractivity contribution >= 4 is 57.1 Å². The summed E-state index contributed by atoms with van der Waals surface area (Å²) >= 11 is 9.79. The number of barbiturate groups is 1. The molecule has 7 heteroatoms. The summed E-state index contributed by atoms with van der Waals surface area (Å²) in [6.07, 6.45) is 2.23. The third-order valence-electron chi connectivity index (χ3n) is 5.58. The molecule has 1 aliphatic rings. The minimum atomic E-state index is -0.808. The second kappa shape index (κ2) is 9.57. The van der Waals surface area contributed by atoms with E-state index in [1.54, 1.807) is 12.1 Å². The lowest BCUT2D eigenvalue weighted by atomic mass is 9.99. The Bertz CT molecular complexity index is 1360. The van der Waals surface area contributed by atoms with E-state index in [0.29, 0.717) is 16.3 Å². The summed E-state index contributed by atoms with van der Waals surface area (Å²) in [4.78, 5) is 39.0. The molecule has 0 aliphatic carbocycles. The Morgan fingerprint density at radius 1 is 0.941 bits per heavy atom. The number of aryl methyl sites for hydroxylation is 3. The summed E-state index contributed by atoms with van der Waals surface area (Å²) in [5.41, 5.74) is 6.34. The topological polar surface area (TPSA) is 66.5 Å². The van der Waals surface area contributed by atoms with Crippen molar-refractivity contribution in [1.82, 2.24) is 5.32 Å². The second-order valence-corrected chi connectivity index (χ2v) is 9.68. The highest BCUT2D eigenvalue weighted by Gasteiger charge is 2.37. The van der Waals surface area contributed by atoms with E-state index in [9.17, 15) is 14.4 Å². The Balaban J connectivity index is 1.63. The van der Waals surface area contributed by atoms with Crippen LogP contribution in [0, 0.1) is 20.8 Å². The Kier molecular flexibility index (Phi) is 6.73. The number of imide groups is 2. The molecule has 0 spiro atoms. The van der Waals surface area contributed by atoms with Gasteiger partial charge in [-0.2, -0.15) is 0 Å². The first kappa shape index (κ1) is 23.9. The molecule has 34 heavy (non-hydrogen) atoms. The molecule has 1 saturated heterocycles. The van der Waals surface area contributed by atoms with Crippen molar-refractivity contribution in [3.8, 4) is 0 Å². The number of urea groups is 1. The van der Waals surface area contributed by atoms with Crippen LogP contribution in [-0.4, -0.2) is 17.8 Å². The summed E-state index contributed by atoms with van der Waals surface area (Å²) in [6, 6.07) is 16.2. The van der Waals surface area contributed by atoms with E-state index in [2.05, 4.69) is 53.3 Å². The second-order valence-electron chi connectivity index (χ2n) is 8.41. The van der Waals surface area contributed by atoms with Crippen LogP contribution in [0.3, 0.4) is 0 Å². The Morgan fingerprint density at radius 3 is 2.29 bits per heavy atom. The van der Waals surface area contributed by atoms with Crippen molar-refractivity contribution in [2.45, 2.75) is 27.2 Å². The molecule has 0 saturated carbocycles. The zero-order valence-corrected chi connectivity index (χ0v) is 21.3. The highest BCUT2D eigenvalue weighted by atomic mass is 79.9. The van der Waals surface area contributed by atoms with Crippen molar-refractivity contribution < 1.29 is 14.4 Å². The van der Waals surface area contributed by atoms with Crippen molar-refractivity contribution in [3.63, 3.8) is 0 Å². The van der Waals surface area contributed by atoms with Crippen LogP contribution >= 0.6 is 27.5 Å². The molecule has 4 amide bonds. The van der Waals surface area contributed by atoms with Crippen molar-refractivity contribution in [2.75, 3.05) is 4.90 Å². The number of amides is 4.